The van der Waals surface area contributed by atoms with E-state index in [0.29, 0.717) is 10.6 Å². The van der Waals surface area contributed by atoms with Crippen molar-refractivity contribution in [2.75, 3.05) is 5.32 Å². The summed E-state index contributed by atoms with van der Waals surface area (Å²) in [5, 5.41) is 15.4. The molecule has 110 valence electrons. The van der Waals surface area contributed by atoms with Crippen LogP contribution in [0, 0.1) is 0 Å². The molecule has 0 spiro atoms. The topological polar surface area (TPSA) is 118 Å². The van der Waals surface area contributed by atoms with Gasteiger partial charge in [0.15, 0.2) is 11.5 Å². The van der Waals surface area contributed by atoms with E-state index in [2.05, 4.69) is 24.9 Å². The summed E-state index contributed by atoms with van der Waals surface area (Å²) in [5.74, 6) is -1.88. The van der Waals surface area contributed by atoms with Crippen molar-refractivity contribution in [3.05, 3.63) is 28.7 Å². The van der Waals surface area contributed by atoms with Gasteiger partial charge in [0.05, 0.1) is 5.69 Å². The first kappa shape index (κ1) is 15.0. The van der Waals surface area contributed by atoms with Crippen LogP contribution in [0.4, 0.5) is 5.82 Å². The molecule has 0 aromatic carbocycles. The number of hydrogen-bond donors (Lipinski definition) is 2. The fourth-order valence-electron chi connectivity index (χ4n) is 1.58. The molecule has 2 N–H and O–H groups in total. The van der Waals surface area contributed by atoms with Crippen molar-refractivity contribution in [1.82, 2.24) is 19.6 Å². The van der Waals surface area contributed by atoms with Gasteiger partial charge in [-0.3, -0.25) is 4.79 Å². The number of carboxylic acids is 1. The summed E-state index contributed by atoms with van der Waals surface area (Å²) >= 11 is 0.949. The average Bonchev–Trinajstić information content (AvgIpc) is 2.88. The van der Waals surface area contributed by atoms with Gasteiger partial charge in [-0.05, 0) is 11.5 Å². The Kier molecular flexibility index (Phi) is 3.94. The van der Waals surface area contributed by atoms with E-state index in [0.717, 1.165) is 11.5 Å². The maximum absolute atomic E-state index is 12.3. The monoisotopic (exact) mass is 307 g/mol. The molecule has 2 aromatic heterocycles. The number of carbonyl (C=O) groups excluding carboxylic acids is 1. The molecule has 0 unspecified atom stereocenters. The van der Waals surface area contributed by atoms with Gasteiger partial charge in [0.1, 0.15) is 4.88 Å². The molecule has 0 saturated carbocycles. The van der Waals surface area contributed by atoms with Gasteiger partial charge >= 0.3 is 5.97 Å². The van der Waals surface area contributed by atoms with E-state index in [-0.39, 0.29) is 16.9 Å². The minimum Gasteiger partial charge on any atom is -0.476 e. The molecule has 2 heterocycles. The van der Waals surface area contributed by atoms with Gasteiger partial charge in [-0.15, -0.1) is 5.10 Å². The summed E-state index contributed by atoms with van der Waals surface area (Å²) in [4.78, 5) is 31.1. The van der Waals surface area contributed by atoms with Gasteiger partial charge in [-0.25, -0.2) is 14.8 Å². The number of anilines is 1. The molecular formula is C12H13N5O3S. The maximum atomic E-state index is 12.3. The third kappa shape index (κ3) is 3.19. The van der Waals surface area contributed by atoms with Crippen molar-refractivity contribution < 1.29 is 14.7 Å². The Morgan fingerprint density at radius 3 is 2.52 bits per heavy atom. The first-order chi connectivity index (χ1) is 9.80. The van der Waals surface area contributed by atoms with Gasteiger partial charge in [-0.2, -0.15) is 0 Å². The number of amides is 1. The number of nitrogens with one attached hydrogen (secondary N) is 1. The van der Waals surface area contributed by atoms with Gasteiger partial charge in [-0.1, -0.05) is 25.3 Å². The molecule has 1 amide bonds. The molecule has 0 bridgehead atoms. The zero-order valence-corrected chi connectivity index (χ0v) is 12.4. The molecule has 0 atom stereocenters. The lowest BCUT2D eigenvalue weighted by molar-refractivity contribution is 0.0691. The summed E-state index contributed by atoms with van der Waals surface area (Å²) < 4.78 is 3.79. The van der Waals surface area contributed by atoms with E-state index < -0.39 is 11.9 Å². The van der Waals surface area contributed by atoms with Crippen molar-refractivity contribution in [1.29, 1.82) is 0 Å². The van der Waals surface area contributed by atoms with Crippen LogP contribution in [0.25, 0.3) is 0 Å². The van der Waals surface area contributed by atoms with Crippen LogP contribution in [0.2, 0.25) is 0 Å². The van der Waals surface area contributed by atoms with Crippen molar-refractivity contribution in [2.45, 2.75) is 26.2 Å². The number of hydrogen-bond acceptors (Lipinski definition) is 7. The van der Waals surface area contributed by atoms with Gasteiger partial charge in [0.25, 0.3) is 5.91 Å². The second-order valence-corrected chi connectivity index (χ2v) is 5.97. The number of carboxylic acid groups (broad SMARTS) is 1. The average molecular weight is 307 g/mol. The molecule has 0 aliphatic heterocycles. The zero-order chi connectivity index (χ0) is 15.6. The summed E-state index contributed by atoms with van der Waals surface area (Å²) in [6.07, 6.45) is 2.55. The molecule has 8 nitrogen and oxygen atoms in total. The van der Waals surface area contributed by atoms with Crippen LogP contribution >= 0.6 is 11.5 Å². The molecule has 9 heteroatoms. The first-order valence-electron chi connectivity index (χ1n) is 5.99. The number of rotatable bonds is 3. The maximum Gasteiger partial charge on any atom is 0.358 e. The highest BCUT2D eigenvalue weighted by Gasteiger charge is 2.27. The molecule has 0 aliphatic carbocycles. The van der Waals surface area contributed by atoms with Crippen LogP contribution in [-0.4, -0.2) is 36.5 Å². The Bertz CT molecular complexity index is 692. The first-order valence-corrected chi connectivity index (χ1v) is 6.76. The van der Waals surface area contributed by atoms with Crippen LogP contribution in [0.5, 0.6) is 0 Å². The largest absolute Gasteiger partial charge is 0.476 e. The molecule has 21 heavy (non-hydrogen) atoms. The quantitative estimate of drug-likeness (QED) is 0.883. The molecule has 2 aromatic rings. The molecule has 0 saturated heterocycles. The lowest BCUT2D eigenvalue weighted by Gasteiger charge is -2.16. The minimum atomic E-state index is -1.27. The van der Waals surface area contributed by atoms with E-state index >= 15 is 0 Å². The lowest BCUT2D eigenvalue weighted by Crippen LogP contribution is -2.21. The predicted molar refractivity (Wildman–Crippen MR) is 75.6 cm³/mol. The number of nitrogens with zero attached hydrogens (tertiary/aromatic N) is 4. The number of aromatic carboxylic acids is 1. The van der Waals surface area contributed by atoms with Crippen LogP contribution < -0.4 is 5.32 Å². The Balaban J connectivity index is 2.32. The minimum absolute atomic E-state index is 0.108. The number of carbonyl (C=O) groups is 2. The van der Waals surface area contributed by atoms with E-state index in [1.54, 1.807) is 0 Å². The Hall–Kier alpha value is -2.42. The smallest absolute Gasteiger partial charge is 0.358 e. The van der Waals surface area contributed by atoms with E-state index in [1.165, 1.54) is 12.4 Å². The summed E-state index contributed by atoms with van der Waals surface area (Å²) in [6.45, 7) is 5.72. The lowest BCUT2D eigenvalue weighted by atomic mass is 9.91. The van der Waals surface area contributed by atoms with Crippen molar-refractivity contribution in [3.63, 3.8) is 0 Å². The molecule has 0 radical (unpaired) electrons. The third-order valence-electron chi connectivity index (χ3n) is 2.54. The summed E-state index contributed by atoms with van der Waals surface area (Å²) in [7, 11) is 0. The fraction of sp³-hybridized carbons (Fsp3) is 0.333. The SMILES string of the molecule is CC(C)(C)c1nnsc1C(=O)Nc1nccnc1C(=O)O. The normalized spacial score (nSPS) is 11.2. The van der Waals surface area contributed by atoms with Crippen LogP contribution in [0.1, 0.15) is 46.6 Å². The van der Waals surface area contributed by atoms with E-state index in [9.17, 15) is 9.59 Å². The molecular weight excluding hydrogens is 294 g/mol. The summed E-state index contributed by atoms with van der Waals surface area (Å²) in [6, 6.07) is 0. The second-order valence-electron chi connectivity index (χ2n) is 5.21. The van der Waals surface area contributed by atoms with E-state index in [4.69, 9.17) is 5.11 Å². The standard InChI is InChI=1S/C12H13N5O3S/c1-12(2,3)8-7(21-17-16-8)10(18)15-9-6(11(19)20)13-4-5-14-9/h4-5H,1-3H3,(H,19,20)(H,14,15,18). The Labute approximate surface area is 124 Å². The van der Waals surface area contributed by atoms with Crippen LogP contribution in [0.15, 0.2) is 12.4 Å². The molecule has 0 fully saturated rings. The highest BCUT2D eigenvalue weighted by Crippen LogP contribution is 2.26. The third-order valence-corrected chi connectivity index (χ3v) is 3.26. The van der Waals surface area contributed by atoms with Gasteiger partial charge < -0.3 is 10.4 Å². The van der Waals surface area contributed by atoms with Gasteiger partial charge in [0.2, 0.25) is 0 Å². The van der Waals surface area contributed by atoms with Crippen molar-refractivity contribution in [2.24, 2.45) is 0 Å². The van der Waals surface area contributed by atoms with E-state index in [1.807, 2.05) is 20.8 Å². The van der Waals surface area contributed by atoms with Crippen LogP contribution in [-0.2, 0) is 5.41 Å². The second kappa shape index (κ2) is 5.52. The summed E-state index contributed by atoms with van der Waals surface area (Å²) in [5.41, 5.74) is -0.121. The zero-order valence-electron chi connectivity index (χ0n) is 11.6. The Morgan fingerprint density at radius 1 is 1.24 bits per heavy atom. The molecule has 0 aliphatic rings. The predicted octanol–water partition coefficient (Wildman–Crippen LogP) is 1.58. The van der Waals surface area contributed by atoms with Gasteiger partial charge in [0, 0.05) is 17.8 Å². The highest BCUT2D eigenvalue weighted by molar-refractivity contribution is 7.08. The molecule has 2 rings (SSSR count). The van der Waals surface area contributed by atoms with Crippen molar-refractivity contribution in [3.8, 4) is 0 Å². The Morgan fingerprint density at radius 2 is 1.90 bits per heavy atom. The highest BCUT2D eigenvalue weighted by atomic mass is 32.1. The van der Waals surface area contributed by atoms with Crippen LogP contribution in [0.3, 0.4) is 0 Å². The number of aromatic nitrogens is 4. The fourth-order valence-corrected chi connectivity index (χ4v) is 2.35. The van der Waals surface area contributed by atoms with Crippen molar-refractivity contribution >= 4 is 29.2 Å².